The Balaban J connectivity index is 1.44. The van der Waals surface area contributed by atoms with Gasteiger partial charge in [-0.15, -0.1) is 22.7 Å². The Labute approximate surface area is 176 Å². The van der Waals surface area contributed by atoms with Gasteiger partial charge in [0.1, 0.15) is 10.7 Å². The van der Waals surface area contributed by atoms with Crippen LogP contribution in [0.25, 0.3) is 26.9 Å². The van der Waals surface area contributed by atoms with Gasteiger partial charge in [-0.05, 0) is 19.1 Å². The summed E-state index contributed by atoms with van der Waals surface area (Å²) in [6, 6.07) is 6.94. The zero-order chi connectivity index (χ0) is 20.0. The highest BCUT2D eigenvalue weighted by molar-refractivity contribution is 7.89. The topological polar surface area (TPSA) is 76.8 Å². The smallest absolute Gasteiger partial charge is 0.243 e. The van der Waals surface area contributed by atoms with Gasteiger partial charge in [0.25, 0.3) is 0 Å². The van der Waals surface area contributed by atoms with Gasteiger partial charge in [-0.2, -0.15) is 4.31 Å². The molecule has 1 aliphatic heterocycles. The lowest BCUT2D eigenvalue weighted by atomic mass is 10.2. The molecule has 0 N–H and O–H groups in total. The molecule has 0 saturated carbocycles. The van der Waals surface area contributed by atoms with Crippen LogP contribution in [0.5, 0.6) is 0 Å². The number of aromatic nitrogens is 3. The molecule has 1 aliphatic rings. The quantitative estimate of drug-likeness (QED) is 0.479. The van der Waals surface area contributed by atoms with Gasteiger partial charge in [-0.3, -0.25) is 4.40 Å². The number of hydrogen-bond donors (Lipinski definition) is 0. The van der Waals surface area contributed by atoms with Crippen molar-refractivity contribution >= 4 is 37.7 Å². The molecule has 1 fully saturated rings. The van der Waals surface area contributed by atoms with E-state index in [1.54, 1.807) is 34.8 Å². The zero-order valence-electron chi connectivity index (χ0n) is 15.6. The first kappa shape index (κ1) is 18.9. The van der Waals surface area contributed by atoms with Crippen LogP contribution in [0.3, 0.4) is 0 Å². The van der Waals surface area contributed by atoms with E-state index in [-0.39, 0.29) is 0 Å². The molecule has 10 heteroatoms. The molecule has 0 spiro atoms. The summed E-state index contributed by atoms with van der Waals surface area (Å²) < 4.78 is 34.3. The highest BCUT2D eigenvalue weighted by Gasteiger charge is 2.26. The van der Waals surface area contributed by atoms with Crippen LogP contribution in [0.2, 0.25) is 0 Å². The molecule has 29 heavy (non-hydrogen) atoms. The van der Waals surface area contributed by atoms with Crippen molar-refractivity contribution in [1.29, 1.82) is 0 Å². The van der Waals surface area contributed by atoms with Gasteiger partial charge in [-0.1, -0.05) is 12.1 Å². The molecule has 3 aromatic heterocycles. The molecule has 0 atom stereocenters. The molecule has 0 aliphatic carbocycles. The number of ether oxygens (including phenoxy) is 1. The number of imidazole rings is 1. The van der Waals surface area contributed by atoms with E-state index in [9.17, 15) is 8.42 Å². The molecular weight excluding hydrogens is 428 g/mol. The van der Waals surface area contributed by atoms with E-state index in [4.69, 9.17) is 9.72 Å². The number of benzene rings is 1. The van der Waals surface area contributed by atoms with Crippen LogP contribution in [0.15, 0.2) is 46.1 Å². The molecule has 4 aromatic rings. The number of aryl methyl sites for hydroxylation is 1. The summed E-state index contributed by atoms with van der Waals surface area (Å²) in [5, 5.41) is 4.90. The lowest BCUT2D eigenvalue weighted by Gasteiger charge is -2.26. The molecule has 7 nitrogen and oxygen atoms in total. The normalized spacial score (nSPS) is 15.9. The van der Waals surface area contributed by atoms with Crippen LogP contribution in [0, 0.1) is 6.92 Å². The molecule has 5 rings (SSSR count). The number of thiazole rings is 2. The van der Waals surface area contributed by atoms with E-state index in [0.717, 1.165) is 32.6 Å². The lowest BCUT2D eigenvalue weighted by molar-refractivity contribution is 0.0730. The minimum Gasteiger partial charge on any atom is -0.379 e. The molecule has 150 valence electrons. The van der Waals surface area contributed by atoms with Crippen LogP contribution in [-0.2, 0) is 14.8 Å². The molecule has 1 saturated heterocycles. The van der Waals surface area contributed by atoms with Crippen LogP contribution in [0.1, 0.15) is 5.69 Å². The van der Waals surface area contributed by atoms with Crippen molar-refractivity contribution in [3.63, 3.8) is 0 Å². The number of sulfonamides is 1. The number of nitrogens with zero attached hydrogens (tertiary/aromatic N) is 4. The van der Waals surface area contributed by atoms with Crippen molar-refractivity contribution in [2.45, 2.75) is 11.8 Å². The first-order valence-corrected chi connectivity index (χ1v) is 12.3. The van der Waals surface area contributed by atoms with Crippen molar-refractivity contribution in [3.8, 4) is 22.0 Å². The Bertz CT molecular complexity index is 1270. The van der Waals surface area contributed by atoms with E-state index < -0.39 is 10.0 Å². The average molecular weight is 447 g/mol. The highest BCUT2D eigenvalue weighted by Crippen LogP contribution is 2.33. The largest absolute Gasteiger partial charge is 0.379 e. The minimum atomic E-state index is -3.49. The monoisotopic (exact) mass is 446 g/mol. The van der Waals surface area contributed by atoms with Crippen LogP contribution >= 0.6 is 22.7 Å². The van der Waals surface area contributed by atoms with Gasteiger partial charge in [-0.25, -0.2) is 18.4 Å². The van der Waals surface area contributed by atoms with Gasteiger partial charge in [0.2, 0.25) is 10.0 Å². The molecule has 0 unspecified atom stereocenters. The molecule has 4 heterocycles. The lowest BCUT2D eigenvalue weighted by Crippen LogP contribution is -2.40. The first-order chi connectivity index (χ1) is 14.0. The van der Waals surface area contributed by atoms with Crippen molar-refractivity contribution < 1.29 is 13.2 Å². The van der Waals surface area contributed by atoms with E-state index in [1.165, 1.54) is 4.31 Å². The van der Waals surface area contributed by atoms with Crippen molar-refractivity contribution in [3.05, 3.63) is 46.9 Å². The Kier molecular flexibility index (Phi) is 4.75. The number of morpholine rings is 1. The van der Waals surface area contributed by atoms with E-state index >= 15 is 0 Å². The van der Waals surface area contributed by atoms with E-state index in [0.29, 0.717) is 31.2 Å². The summed E-state index contributed by atoms with van der Waals surface area (Å²) >= 11 is 3.16. The predicted octanol–water partition coefficient (Wildman–Crippen LogP) is 3.52. The first-order valence-electron chi connectivity index (χ1n) is 9.10. The van der Waals surface area contributed by atoms with E-state index in [1.807, 2.05) is 36.0 Å². The fourth-order valence-corrected chi connectivity index (χ4v) is 6.49. The number of rotatable bonds is 4. The van der Waals surface area contributed by atoms with Gasteiger partial charge in [0.15, 0.2) is 4.96 Å². The predicted molar refractivity (Wildman–Crippen MR) is 114 cm³/mol. The summed E-state index contributed by atoms with van der Waals surface area (Å²) in [7, 11) is -3.49. The molecule has 0 radical (unpaired) electrons. The number of hydrogen-bond acceptors (Lipinski definition) is 7. The zero-order valence-corrected chi connectivity index (χ0v) is 18.1. The maximum atomic E-state index is 12.8. The summed E-state index contributed by atoms with van der Waals surface area (Å²) in [5.41, 5.74) is 3.66. The van der Waals surface area contributed by atoms with Crippen molar-refractivity contribution in [2.75, 3.05) is 26.3 Å². The fraction of sp³-hybridized carbons (Fsp3) is 0.263. The average Bonchev–Trinajstić information content (AvgIpc) is 3.45. The van der Waals surface area contributed by atoms with E-state index in [2.05, 4.69) is 9.38 Å². The molecule has 0 amide bonds. The molecule has 1 aromatic carbocycles. The Morgan fingerprint density at radius 2 is 1.83 bits per heavy atom. The van der Waals surface area contributed by atoms with Gasteiger partial charge in [0.05, 0.1) is 29.5 Å². The Hall–Kier alpha value is -2.11. The van der Waals surface area contributed by atoms with Gasteiger partial charge >= 0.3 is 0 Å². The Morgan fingerprint density at radius 1 is 1.07 bits per heavy atom. The van der Waals surface area contributed by atoms with Gasteiger partial charge < -0.3 is 4.74 Å². The van der Waals surface area contributed by atoms with Crippen LogP contribution in [-0.4, -0.2) is 53.4 Å². The maximum Gasteiger partial charge on any atom is 0.243 e. The highest BCUT2D eigenvalue weighted by atomic mass is 32.2. The SMILES string of the molecule is Cc1nc2sccn2c1-c1nc(-c2ccc(S(=O)(=O)N3CCOCC3)cc2)cs1. The second-order valence-corrected chi connectivity index (χ2v) is 10.3. The second-order valence-electron chi connectivity index (χ2n) is 6.68. The molecule has 0 bridgehead atoms. The second kappa shape index (κ2) is 7.29. The minimum absolute atomic E-state index is 0.296. The van der Waals surface area contributed by atoms with Crippen LogP contribution in [0.4, 0.5) is 0 Å². The standard InChI is InChI=1S/C19H18N4O3S3/c1-13-17(23-8-11-27-19(23)20-13)18-21-16(12-28-18)14-2-4-15(5-3-14)29(24,25)22-6-9-26-10-7-22/h2-5,8,11-12H,6-7,9-10H2,1H3. The van der Waals surface area contributed by atoms with Crippen molar-refractivity contribution in [2.24, 2.45) is 0 Å². The third kappa shape index (κ3) is 3.30. The summed E-state index contributed by atoms with van der Waals surface area (Å²) in [6.45, 7) is 3.64. The summed E-state index contributed by atoms with van der Waals surface area (Å²) in [4.78, 5) is 10.6. The van der Waals surface area contributed by atoms with Gasteiger partial charge in [0, 0.05) is 35.6 Å². The summed E-state index contributed by atoms with van der Waals surface area (Å²) in [6.07, 6.45) is 2.00. The fourth-order valence-electron chi connectivity index (χ4n) is 3.40. The molecular formula is C19H18N4O3S3. The third-order valence-electron chi connectivity index (χ3n) is 4.90. The maximum absolute atomic E-state index is 12.8. The Morgan fingerprint density at radius 3 is 2.59 bits per heavy atom. The van der Waals surface area contributed by atoms with Crippen LogP contribution < -0.4 is 0 Å². The van der Waals surface area contributed by atoms with Crippen molar-refractivity contribution in [1.82, 2.24) is 18.7 Å². The third-order valence-corrected chi connectivity index (χ3v) is 8.42. The summed E-state index contributed by atoms with van der Waals surface area (Å²) in [5.74, 6) is 0. The number of fused-ring (bicyclic) bond motifs is 1.